The van der Waals surface area contributed by atoms with Crippen LogP contribution in [0.1, 0.15) is 0 Å². The summed E-state index contributed by atoms with van der Waals surface area (Å²) in [6.07, 6.45) is 0. The number of fused-ring (bicyclic) bond motifs is 1. The van der Waals surface area contributed by atoms with Gasteiger partial charge in [0.1, 0.15) is 0 Å². The zero-order valence-electron chi connectivity index (χ0n) is 5.32. The molecule has 1 aromatic rings. The van der Waals surface area contributed by atoms with Crippen molar-refractivity contribution in [1.82, 2.24) is 0 Å². The Bertz CT molecular complexity index is 315. The van der Waals surface area contributed by atoms with E-state index in [1.165, 1.54) is 0 Å². The van der Waals surface area contributed by atoms with Crippen molar-refractivity contribution >= 4 is 27.6 Å². The van der Waals surface area contributed by atoms with Gasteiger partial charge in [-0.15, -0.1) is 10.5 Å². The van der Waals surface area contributed by atoms with Crippen LogP contribution in [0, 0.1) is 0 Å². The standard InChI is InChI=1S/C8H6NS/c1-10-6-9-7-4-2-3-5-8(7)10/h1-6H. The van der Waals surface area contributed by atoms with E-state index in [4.69, 9.17) is 5.87 Å². The highest BCUT2D eigenvalue weighted by molar-refractivity contribution is 8.26. The van der Waals surface area contributed by atoms with Gasteiger partial charge in [-0.25, -0.2) is 4.99 Å². The molecule has 1 aromatic carbocycles. The molecule has 0 saturated heterocycles. The van der Waals surface area contributed by atoms with E-state index < -0.39 is 0 Å². The first kappa shape index (κ1) is 5.86. The molecular weight excluding hydrogens is 142 g/mol. The lowest BCUT2D eigenvalue weighted by Gasteiger charge is -1.94. The van der Waals surface area contributed by atoms with Gasteiger partial charge in [0.05, 0.1) is 11.2 Å². The van der Waals surface area contributed by atoms with Gasteiger partial charge in [0.15, 0.2) is 0 Å². The molecule has 1 atom stereocenters. The van der Waals surface area contributed by atoms with Gasteiger partial charge in [-0.1, -0.05) is 12.1 Å². The van der Waals surface area contributed by atoms with E-state index >= 15 is 0 Å². The van der Waals surface area contributed by atoms with Crippen LogP contribution in [0.3, 0.4) is 0 Å². The molecular formula is C8H6NS. The monoisotopic (exact) mass is 148 g/mol. The Balaban J connectivity index is 2.70. The number of aliphatic imine (C=N–C) groups is 1. The van der Waals surface area contributed by atoms with E-state index in [0.29, 0.717) is 0 Å². The third-order valence-corrected chi connectivity index (χ3v) is 2.61. The molecule has 0 spiro atoms. The highest BCUT2D eigenvalue weighted by Gasteiger charge is 2.06. The van der Waals surface area contributed by atoms with Crippen molar-refractivity contribution in [3.8, 4) is 0 Å². The number of nitrogens with zero attached hydrogens (tertiary/aromatic N) is 1. The first-order valence-electron chi connectivity index (χ1n) is 2.98. The van der Waals surface area contributed by atoms with E-state index in [-0.39, 0.29) is 10.5 Å². The van der Waals surface area contributed by atoms with Crippen LogP contribution in [0.5, 0.6) is 0 Å². The molecule has 0 saturated carbocycles. The summed E-state index contributed by atoms with van der Waals surface area (Å²) >= 11 is 0. The lowest BCUT2D eigenvalue weighted by molar-refractivity contribution is 1.41. The number of benzene rings is 1. The second-order valence-electron chi connectivity index (χ2n) is 2.07. The van der Waals surface area contributed by atoms with Crippen LogP contribution < -0.4 is 0 Å². The predicted octanol–water partition coefficient (Wildman–Crippen LogP) is 2.30. The van der Waals surface area contributed by atoms with Gasteiger partial charge in [-0.05, 0) is 18.0 Å². The molecule has 1 nitrogen and oxygen atoms in total. The van der Waals surface area contributed by atoms with E-state index in [9.17, 15) is 0 Å². The summed E-state index contributed by atoms with van der Waals surface area (Å²) in [5.41, 5.74) is 2.82. The molecule has 1 aliphatic heterocycles. The van der Waals surface area contributed by atoms with Gasteiger partial charge in [-0.3, -0.25) is 0 Å². The normalized spacial score (nSPS) is 21.0. The summed E-state index contributed by atoms with van der Waals surface area (Å²) in [5.74, 6) is 5.72. The van der Waals surface area contributed by atoms with Gasteiger partial charge in [0.2, 0.25) is 0 Å². The van der Waals surface area contributed by atoms with Crippen molar-refractivity contribution in [2.24, 2.45) is 4.99 Å². The van der Waals surface area contributed by atoms with Crippen LogP contribution in [-0.2, 0) is 0 Å². The summed E-state index contributed by atoms with van der Waals surface area (Å²) in [6, 6.07) is 7.95. The van der Waals surface area contributed by atoms with Crippen molar-refractivity contribution in [2.45, 2.75) is 4.90 Å². The van der Waals surface area contributed by atoms with Crippen molar-refractivity contribution in [3.05, 3.63) is 24.3 Å². The Kier molecular flexibility index (Phi) is 1.21. The number of para-hydroxylation sites is 1. The predicted molar refractivity (Wildman–Crippen MR) is 46.5 cm³/mol. The lowest BCUT2D eigenvalue weighted by Crippen LogP contribution is -1.66. The Morgan fingerprint density at radius 1 is 1.30 bits per heavy atom. The Morgan fingerprint density at radius 2 is 2.10 bits per heavy atom. The lowest BCUT2D eigenvalue weighted by atomic mass is 10.3. The minimum Gasteiger partial charge on any atom is -0.249 e. The summed E-state index contributed by atoms with van der Waals surface area (Å²) < 4.78 is 0. The second kappa shape index (κ2) is 2.06. The van der Waals surface area contributed by atoms with E-state index in [2.05, 4.69) is 4.99 Å². The summed E-state index contributed by atoms with van der Waals surface area (Å²) in [6.45, 7) is 0. The molecule has 10 heavy (non-hydrogen) atoms. The largest absolute Gasteiger partial charge is 0.249 e. The quantitative estimate of drug-likeness (QED) is 0.500. The maximum absolute atomic E-state index is 5.72. The second-order valence-corrected chi connectivity index (χ2v) is 3.47. The van der Waals surface area contributed by atoms with Crippen molar-refractivity contribution < 1.29 is 0 Å². The van der Waals surface area contributed by atoms with Gasteiger partial charge >= 0.3 is 0 Å². The molecule has 1 radical (unpaired) electrons. The molecule has 0 bridgehead atoms. The minimum atomic E-state index is -0.239. The van der Waals surface area contributed by atoms with Gasteiger partial charge in [0, 0.05) is 4.90 Å². The molecule has 0 aliphatic carbocycles. The molecule has 49 valence electrons. The van der Waals surface area contributed by atoms with E-state index in [1.807, 2.05) is 24.3 Å². The first-order valence-corrected chi connectivity index (χ1v) is 4.34. The molecule has 0 N–H and O–H groups in total. The molecule has 2 rings (SSSR count). The van der Waals surface area contributed by atoms with E-state index in [1.54, 1.807) is 5.55 Å². The summed E-state index contributed by atoms with van der Waals surface area (Å²) in [4.78, 5) is 5.30. The summed E-state index contributed by atoms with van der Waals surface area (Å²) in [5, 5.41) is 0. The highest BCUT2D eigenvalue weighted by Crippen LogP contribution is 2.37. The zero-order chi connectivity index (χ0) is 6.97. The maximum atomic E-state index is 5.72. The molecule has 0 aromatic heterocycles. The fourth-order valence-corrected chi connectivity index (χ4v) is 1.87. The topological polar surface area (TPSA) is 12.4 Å². The van der Waals surface area contributed by atoms with Gasteiger partial charge in [0.25, 0.3) is 0 Å². The third kappa shape index (κ3) is 0.727. The maximum Gasteiger partial charge on any atom is 0.0770 e. The van der Waals surface area contributed by atoms with Crippen LogP contribution >= 0.6 is 10.5 Å². The van der Waals surface area contributed by atoms with Gasteiger partial charge in [-0.2, -0.15) is 0 Å². The Labute approximate surface area is 62.3 Å². The summed E-state index contributed by atoms with van der Waals surface area (Å²) in [7, 11) is -0.239. The minimum absolute atomic E-state index is 0.239. The fourth-order valence-electron chi connectivity index (χ4n) is 0.933. The molecule has 0 amide bonds. The molecule has 2 heteroatoms. The highest BCUT2D eigenvalue weighted by atomic mass is 32.2. The van der Waals surface area contributed by atoms with Crippen molar-refractivity contribution in [3.63, 3.8) is 0 Å². The van der Waals surface area contributed by atoms with E-state index in [0.717, 1.165) is 10.6 Å². The molecule has 1 heterocycles. The Hall–Kier alpha value is -0.890. The van der Waals surface area contributed by atoms with Crippen LogP contribution in [0.25, 0.3) is 0 Å². The smallest absolute Gasteiger partial charge is 0.0770 e. The third-order valence-electron chi connectivity index (χ3n) is 1.42. The molecule has 0 fully saturated rings. The number of hydrogen-bond donors (Lipinski definition) is 0. The van der Waals surface area contributed by atoms with Crippen LogP contribution in [0.4, 0.5) is 5.69 Å². The molecule has 1 aliphatic rings. The SMILES string of the molecule is [CH]=S1C=Nc2ccccc21. The number of rotatable bonds is 0. The molecule has 1 unspecified atom stereocenters. The van der Waals surface area contributed by atoms with Crippen molar-refractivity contribution in [2.75, 3.05) is 0 Å². The Morgan fingerprint density at radius 3 is 2.90 bits per heavy atom. The van der Waals surface area contributed by atoms with Crippen LogP contribution in [0.15, 0.2) is 34.2 Å². The fraction of sp³-hybridized carbons (Fsp3) is 0. The van der Waals surface area contributed by atoms with Crippen LogP contribution in [0.2, 0.25) is 0 Å². The van der Waals surface area contributed by atoms with Crippen LogP contribution in [-0.4, -0.2) is 11.4 Å². The zero-order valence-corrected chi connectivity index (χ0v) is 6.14. The van der Waals surface area contributed by atoms with Crippen molar-refractivity contribution in [1.29, 1.82) is 0 Å². The van der Waals surface area contributed by atoms with Gasteiger partial charge < -0.3 is 0 Å². The number of hydrogen-bond acceptors (Lipinski definition) is 1. The average molecular weight is 148 g/mol. The first-order chi connectivity index (χ1) is 4.88. The average Bonchev–Trinajstić information content (AvgIpc) is 2.34.